The van der Waals surface area contributed by atoms with Crippen molar-refractivity contribution in [3.8, 4) is 0 Å². The number of amides is 2. The Balaban J connectivity index is 2.06. The van der Waals surface area contributed by atoms with E-state index in [-0.39, 0.29) is 12.5 Å². The standard InChI is InChI=1S/C14H24N2O4/c1-14(2,3)20-13(19)16-9-10(17)8-11(16)12(18)15-6-4-5-7-15/h10-11,17H,4-9H2,1-3H3/t10?,11-/m0/s1. The number of hydrogen-bond acceptors (Lipinski definition) is 4. The summed E-state index contributed by atoms with van der Waals surface area (Å²) in [5.41, 5.74) is -0.605. The van der Waals surface area contributed by atoms with E-state index in [4.69, 9.17) is 4.74 Å². The van der Waals surface area contributed by atoms with Gasteiger partial charge in [-0.25, -0.2) is 4.79 Å². The number of carbonyl (C=O) groups is 2. The third kappa shape index (κ3) is 3.42. The van der Waals surface area contributed by atoms with Crippen LogP contribution in [0.15, 0.2) is 0 Å². The van der Waals surface area contributed by atoms with Gasteiger partial charge in [-0.2, -0.15) is 0 Å². The molecule has 20 heavy (non-hydrogen) atoms. The Hall–Kier alpha value is -1.30. The van der Waals surface area contributed by atoms with E-state index in [0.29, 0.717) is 6.42 Å². The van der Waals surface area contributed by atoms with Gasteiger partial charge in [0.2, 0.25) is 5.91 Å². The van der Waals surface area contributed by atoms with Crippen LogP contribution in [0, 0.1) is 0 Å². The first kappa shape index (κ1) is 15.1. The Labute approximate surface area is 119 Å². The van der Waals surface area contributed by atoms with Crippen molar-refractivity contribution in [3.05, 3.63) is 0 Å². The predicted octanol–water partition coefficient (Wildman–Crippen LogP) is 0.979. The van der Waals surface area contributed by atoms with Crippen LogP contribution in [0.1, 0.15) is 40.0 Å². The molecule has 2 amide bonds. The molecule has 0 aromatic rings. The minimum atomic E-state index is -0.654. The van der Waals surface area contributed by atoms with Crippen molar-refractivity contribution in [2.24, 2.45) is 0 Å². The zero-order valence-corrected chi connectivity index (χ0v) is 12.5. The number of hydrogen-bond donors (Lipinski definition) is 1. The van der Waals surface area contributed by atoms with Crippen molar-refractivity contribution in [1.82, 2.24) is 9.80 Å². The highest BCUT2D eigenvalue weighted by atomic mass is 16.6. The molecule has 0 aromatic heterocycles. The van der Waals surface area contributed by atoms with Crippen LogP contribution in [0.4, 0.5) is 4.79 Å². The predicted molar refractivity (Wildman–Crippen MR) is 73.2 cm³/mol. The van der Waals surface area contributed by atoms with Crippen LogP contribution in [-0.2, 0) is 9.53 Å². The molecule has 2 atom stereocenters. The van der Waals surface area contributed by atoms with Gasteiger partial charge in [0, 0.05) is 19.5 Å². The monoisotopic (exact) mass is 284 g/mol. The average molecular weight is 284 g/mol. The Morgan fingerprint density at radius 1 is 1.20 bits per heavy atom. The van der Waals surface area contributed by atoms with Gasteiger partial charge < -0.3 is 14.7 Å². The van der Waals surface area contributed by atoms with Gasteiger partial charge >= 0.3 is 6.09 Å². The molecule has 0 bridgehead atoms. The number of nitrogens with zero attached hydrogens (tertiary/aromatic N) is 2. The smallest absolute Gasteiger partial charge is 0.411 e. The van der Waals surface area contributed by atoms with Crippen molar-refractivity contribution >= 4 is 12.0 Å². The molecule has 0 aromatic carbocycles. The van der Waals surface area contributed by atoms with E-state index in [9.17, 15) is 14.7 Å². The summed E-state index contributed by atoms with van der Waals surface area (Å²) in [7, 11) is 0. The van der Waals surface area contributed by atoms with Gasteiger partial charge in [-0.1, -0.05) is 0 Å². The summed E-state index contributed by atoms with van der Waals surface area (Å²) < 4.78 is 5.32. The van der Waals surface area contributed by atoms with Crippen LogP contribution in [0.2, 0.25) is 0 Å². The Morgan fingerprint density at radius 2 is 1.80 bits per heavy atom. The van der Waals surface area contributed by atoms with Crippen LogP contribution in [0.25, 0.3) is 0 Å². The second-order valence-electron chi connectivity index (χ2n) is 6.57. The Kier molecular flexibility index (Phi) is 4.22. The molecule has 2 rings (SSSR count). The van der Waals surface area contributed by atoms with E-state index >= 15 is 0 Å². The molecule has 1 N–H and O–H groups in total. The lowest BCUT2D eigenvalue weighted by molar-refractivity contribution is -0.134. The summed E-state index contributed by atoms with van der Waals surface area (Å²) in [5.74, 6) is -0.0649. The summed E-state index contributed by atoms with van der Waals surface area (Å²) >= 11 is 0. The van der Waals surface area contributed by atoms with E-state index in [1.165, 1.54) is 4.90 Å². The van der Waals surface area contributed by atoms with Gasteiger partial charge in [0.05, 0.1) is 12.6 Å². The molecule has 0 spiro atoms. The van der Waals surface area contributed by atoms with Crippen LogP contribution in [0.3, 0.4) is 0 Å². The van der Waals surface area contributed by atoms with Gasteiger partial charge in [0.25, 0.3) is 0 Å². The number of rotatable bonds is 1. The molecular formula is C14H24N2O4. The SMILES string of the molecule is CC(C)(C)OC(=O)N1CC(O)C[C@H]1C(=O)N1CCCC1. The Bertz CT molecular complexity index is 385. The maximum atomic E-state index is 12.4. The lowest BCUT2D eigenvalue weighted by Crippen LogP contribution is -2.48. The first-order valence-electron chi connectivity index (χ1n) is 7.24. The molecule has 0 saturated carbocycles. The van der Waals surface area contributed by atoms with E-state index in [0.717, 1.165) is 25.9 Å². The molecule has 2 heterocycles. The summed E-state index contributed by atoms with van der Waals surface area (Å²) in [6, 6.07) is -0.585. The molecular weight excluding hydrogens is 260 g/mol. The van der Waals surface area contributed by atoms with Gasteiger partial charge in [-0.05, 0) is 33.6 Å². The molecule has 0 aliphatic carbocycles. The molecule has 2 fully saturated rings. The molecule has 1 unspecified atom stereocenters. The fourth-order valence-electron chi connectivity index (χ4n) is 2.72. The third-order valence-electron chi connectivity index (χ3n) is 3.61. The summed E-state index contributed by atoms with van der Waals surface area (Å²) in [5, 5.41) is 9.79. The number of aliphatic hydroxyl groups excluding tert-OH is 1. The zero-order chi connectivity index (χ0) is 14.9. The average Bonchev–Trinajstić information content (AvgIpc) is 2.94. The topological polar surface area (TPSA) is 70.1 Å². The first-order valence-corrected chi connectivity index (χ1v) is 7.24. The van der Waals surface area contributed by atoms with Crippen LogP contribution >= 0.6 is 0 Å². The number of β-amino-alcohol motifs (C(OH)–C–C–N with tert-alkyl or cyclic N) is 1. The van der Waals surface area contributed by atoms with Crippen molar-refractivity contribution < 1.29 is 19.4 Å². The van der Waals surface area contributed by atoms with Crippen molar-refractivity contribution in [3.63, 3.8) is 0 Å². The van der Waals surface area contributed by atoms with E-state index < -0.39 is 23.8 Å². The third-order valence-corrected chi connectivity index (χ3v) is 3.61. The fraction of sp³-hybridized carbons (Fsp3) is 0.857. The normalized spacial score (nSPS) is 27.0. The zero-order valence-electron chi connectivity index (χ0n) is 12.5. The molecule has 6 nitrogen and oxygen atoms in total. The van der Waals surface area contributed by atoms with E-state index in [1.54, 1.807) is 25.7 Å². The second kappa shape index (κ2) is 5.60. The highest BCUT2D eigenvalue weighted by Gasteiger charge is 2.42. The number of ether oxygens (including phenoxy) is 1. The minimum Gasteiger partial charge on any atom is -0.444 e. The highest BCUT2D eigenvalue weighted by molar-refractivity contribution is 5.86. The van der Waals surface area contributed by atoms with Gasteiger partial charge in [0.1, 0.15) is 11.6 Å². The fourth-order valence-corrected chi connectivity index (χ4v) is 2.72. The molecule has 2 aliphatic heterocycles. The van der Waals surface area contributed by atoms with Crippen LogP contribution < -0.4 is 0 Å². The largest absolute Gasteiger partial charge is 0.444 e. The number of carbonyl (C=O) groups excluding carboxylic acids is 2. The quantitative estimate of drug-likeness (QED) is 0.779. The van der Waals surface area contributed by atoms with E-state index in [2.05, 4.69) is 0 Å². The van der Waals surface area contributed by atoms with Crippen LogP contribution in [0.5, 0.6) is 0 Å². The Morgan fingerprint density at radius 3 is 2.35 bits per heavy atom. The number of likely N-dealkylation sites (tertiary alicyclic amines) is 2. The van der Waals surface area contributed by atoms with E-state index in [1.807, 2.05) is 0 Å². The highest BCUT2D eigenvalue weighted by Crippen LogP contribution is 2.24. The molecule has 2 aliphatic rings. The first-order chi connectivity index (χ1) is 9.28. The summed E-state index contributed by atoms with van der Waals surface area (Å²) in [6.45, 7) is 7.01. The van der Waals surface area contributed by atoms with Gasteiger partial charge in [-0.15, -0.1) is 0 Å². The maximum absolute atomic E-state index is 12.4. The van der Waals surface area contributed by atoms with Crippen molar-refractivity contribution in [2.45, 2.75) is 57.8 Å². The van der Waals surface area contributed by atoms with Crippen molar-refractivity contribution in [1.29, 1.82) is 0 Å². The van der Waals surface area contributed by atoms with Crippen LogP contribution in [-0.4, -0.2) is 64.3 Å². The number of aliphatic hydroxyl groups is 1. The molecule has 0 radical (unpaired) electrons. The maximum Gasteiger partial charge on any atom is 0.411 e. The summed E-state index contributed by atoms with van der Waals surface area (Å²) in [6.07, 6.45) is 1.14. The second-order valence-corrected chi connectivity index (χ2v) is 6.57. The molecule has 2 saturated heterocycles. The summed E-state index contributed by atoms with van der Waals surface area (Å²) in [4.78, 5) is 27.7. The lowest BCUT2D eigenvalue weighted by Gasteiger charge is -2.29. The van der Waals surface area contributed by atoms with Gasteiger partial charge in [0.15, 0.2) is 0 Å². The lowest BCUT2D eigenvalue weighted by atomic mass is 10.1. The molecule has 114 valence electrons. The minimum absolute atomic E-state index is 0.0649. The van der Waals surface area contributed by atoms with Crippen molar-refractivity contribution in [2.75, 3.05) is 19.6 Å². The molecule has 6 heteroatoms. The van der Waals surface area contributed by atoms with Gasteiger partial charge in [-0.3, -0.25) is 9.69 Å².